The van der Waals surface area contributed by atoms with Gasteiger partial charge in [0.2, 0.25) is 0 Å². The van der Waals surface area contributed by atoms with Crippen LogP contribution in [0.2, 0.25) is 0 Å². The number of nitrogens with zero attached hydrogens (tertiary/aromatic N) is 2. The van der Waals surface area contributed by atoms with Crippen molar-refractivity contribution in [2.45, 2.75) is 6.92 Å². The Kier molecular flexibility index (Phi) is 5.21. The second-order valence-electron chi connectivity index (χ2n) is 6.27. The lowest BCUT2D eigenvalue weighted by Gasteiger charge is -2.36. The average Bonchev–Trinajstić information content (AvgIpc) is 2.68. The molecule has 2 aromatic rings. The summed E-state index contributed by atoms with van der Waals surface area (Å²) in [7, 11) is 3.17. The Balaban J connectivity index is 1.74. The first-order valence-corrected chi connectivity index (χ1v) is 8.60. The SMILES string of the molecule is COc1cc(C(=O)N2CCN(c3ccccc3O)CC2)cc(OC)c1C. The smallest absolute Gasteiger partial charge is 0.254 e. The molecule has 138 valence electrons. The van der Waals surface area contributed by atoms with Crippen molar-refractivity contribution in [1.82, 2.24) is 4.90 Å². The van der Waals surface area contributed by atoms with Crippen LogP contribution in [0.4, 0.5) is 5.69 Å². The van der Waals surface area contributed by atoms with E-state index in [0.717, 1.165) is 11.3 Å². The Morgan fingerprint density at radius 3 is 2.12 bits per heavy atom. The van der Waals surface area contributed by atoms with Crippen molar-refractivity contribution in [3.63, 3.8) is 0 Å². The molecule has 26 heavy (non-hydrogen) atoms. The Morgan fingerprint density at radius 1 is 1.00 bits per heavy atom. The van der Waals surface area contributed by atoms with Gasteiger partial charge in [-0.1, -0.05) is 12.1 Å². The fourth-order valence-corrected chi connectivity index (χ4v) is 3.27. The average molecular weight is 356 g/mol. The van der Waals surface area contributed by atoms with Crippen LogP contribution in [0.5, 0.6) is 17.2 Å². The van der Waals surface area contributed by atoms with Crippen LogP contribution in [0, 0.1) is 6.92 Å². The normalized spacial score (nSPS) is 14.3. The molecule has 1 heterocycles. The number of para-hydroxylation sites is 2. The molecule has 0 aliphatic carbocycles. The van der Waals surface area contributed by atoms with Crippen LogP contribution in [0.15, 0.2) is 36.4 Å². The summed E-state index contributed by atoms with van der Waals surface area (Å²) in [6.45, 7) is 4.42. The van der Waals surface area contributed by atoms with E-state index >= 15 is 0 Å². The van der Waals surface area contributed by atoms with E-state index in [2.05, 4.69) is 4.90 Å². The van der Waals surface area contributed by atoms with Gasteiger partial charge in [-0.3, -0.25) is 4.79 Å². The van der Waals surface area contributed by atoms with Crippen molar-refractivity contribution in [2.75, 3.05) is 45.3 Å². The summed E-state index contributed by atoms with van der Waals surface area (Å²) in [5, 5.41) is 10.0. The zero-order valence-electron chi connectivity index (χ0n) is 15.4. The molecule has 0 aromatic heterocycles. The molecule has 1 aliphatic rings. The number of piperazine rings is 1. The molecule has 0 saturated carbocycles. The minimum atomic E-state index is -0.0430. The molecule has 6 heteroatoms. The molecule has 0 spiro atoms. The van der Waals surface area contributed by atoms with Crippen molar-refractivity contribution in [1.29, 1.82) is 0 Å². The maximum atomic E-state index is 12.9. The first-order chi connectivity index (χ1) is 12.5. The Labute approximate surface area is 153 Å². The summed E-state index contributed by atoms with van der Waals surface area (Å²) in [6.07, 6.45) is 0. The van der Waals surface area contributed by atoms with Crippen LogP contribution in [-0.4, -0.2) is 56.3 Å². The summed E-state index contributed by atoms with van der Waals surface area (Å²) in [4.78, 5) is 16.8. The van der Waals surface area contributed by atoms with Crippen LogP contribution in [0.25, 0.3) is 0 Å². The Hall–Kier alpha value is -2.89. The van der Waals surface area contributed by atoms with Crippen LogP contribution < -0.4 is 14.4 Å². The van der Waals surface area contributed by atoms with E-state index in [1.165, 1.54) is 0 Å². The summed E-state index contributed by atoms with van der Waals surface area (Å²) in [5.41, 5.74) is 2.23. The first-order valence-electron chi connectivity index (χ1n) is 8.60. The number of rotatable bonds is 4. The third-order valence-corrected chi connectivity index (χ3v) is 4.79. The fourth-order valence-electron chi connectivity index (χ4n) is 3.27. The number of phenols is 1. The quantitative estimate of drug-likeness (QED) is 0.913. The van der Waals surface area contributed by atoms with Gasteiger partial charge in [0.15, 0.2) is 0 Å². The van der Waals surface area contributed by atoms with Crippen molar-refractivity contribution < 1.29 is 19.4 Å². The van der Waals surface area contributed by atoms with E-state index in [1.54, 1.807) is 38.5 Å². The number of aromatic hydroxyl groups is 1. The van der Waals surface area contributed by atoms with Gasteiger partial charge in [-0.25, -0.2) is 0 Å². The highest BCUT2D eigenvalue weighted by atomic mass is 16.5. The number of anilines is 1. The molecule has 1 amide bonds. The summed E-state index contributed by atoms with van der Waals surface area (Å²) in [6, 6.07) is 10.8. The number of amides is 1. The molecule has 1 N–H and O–H groups in total. The van der Waals surface area contributed by atoms with Crippen molar-refractivity contribution >= 4 is 11.6 Å². The third-order valence-electron chi connectivity index (χ3n) is 4.79. The van der Waals surface area contributed by atoms with Gasteiger partial charge in [-0.05, 0) is 31.2 Å². The highest BCUT2D eigenvalue weighted by molar-refractivity contribution is 5.95. The molecule has 0 bridgehead atoms. The highest BCUT2D eigenvalue weighted by Gasteiger charge is 2.24. The molecule has 3 rings (SSSR count). The minimum Gasteiger partial charge on any atom is -0.506 e. The zero-order chi connectivity index (χ0) is 18.7. The van der Waals surface area contributed by atoms with Crippen molar-refractivity contribution in [3.8, 4) is 17.2 Å². The minimum absolute atomic E-state index is 0.0430. The first kappa shape index (κ1) is 17.9. The van der Waals surface area contributed by atoms with Gasteiger partial charge >= 0.3 is 0 Å². The molecule has 1 aliphatic heterocycles. The maximum absolute atomic E-state index is 12.9. The predicted molar refractivity (Wildman–Crippen MR) is 101 cm³/mol. The fraction of sp³-hybridized carbons (Fsp3) is 0.350. The van der Waals surface area contributed by atoms with Gasteiger partial charge in [-0.2, -0.15) is 0 Å². The largest absolute Gasteiger partial charge is 0.506 e. The van der Waals surface area contributed by atoms with Gasteiger partial charge < -0.3 is 24.4 Å². The van der Waals surface area contributed by atoms with E-state index in [4.69, 9.17) is 9.47 Å². The van der Waals surface area contributed by atoms with Gasteiger partial charge in [-0.15, -0.1) is 0 Å². The molecule has 2 aromatic carbocycles. The lowest BCUT2D eigenvalue weighted by molar-refractivity contribution is 0.0746. The number of benzene rings is 2. The lowest BCUT2D eigenvalue weighted by atomic mass is 10.1. The van der Waals surface area contributed by atoms with Crippen LogP contribution >= 0.6 is 0 Å². The van der Waals surface area contributed by atoms with E-state index in [-0.39, 0.29) is 11.7 Å². The second-order valence-corrected chi connectivity index (χ2v) is 6.27. The van der Waals surface area contributed by atoms with Crippen molar-refractivity contribution in [2.24, 2.45) is 0 Å². The molecule has 1 saturated heterocycles. The number of hydrogen-bond acceptors (Lipinski definition) is 5. The Bertz CT molecular complexity index is 773. The zero-order valence-corrected chi connectivity index (χ0v) is 15.4. The summed E-state index contributed by atoms with van der Waals surface area (Å²) >= 11 is 0. The topological polar surface area (TPSA) is 62.2 Å². The summed E-state index contributed by atoms with van der Waals surface area (Å²) < 4.78 is 10.7. The van der Waals surface area contributed by atoms with Gasteiger partial charge in [0.25, 0.3) is 5.91 Å². The predicted octanol–water partition coefficient (Wildman–Crippen LogP) is 2.68. The summed E-state index contributed by atoms with van der Waals surface area (Å²) in [5.74, 6) is 1.50. The van der Waals surface area contributed by atoms with E-state index in [9.17, 15) is 9.90 Å². The maximum Gasteiger partial charge on any atom is 0.254 e. The number of ether oxygens (including phenoxy) is 2. The molecular formula is C20H24N2O4. The van der Waals surface area contributed by atoms with Crippen LogP contribution in [0.3, 0.4) is 0 Å². The lowest BCUT2D eigenvalue weighted by Crippen LogP contribution is -2.48. The Morgan fingerprint density at radius 2 is 1.58 bits per heavy atom. The molecule has 0 atom stereocenters. The number of hydrogen-bond donors (Lipinski definition) is 1. The number of carbonyl (C=O) groups excluding carboxylic acids is 1. The highest BCUT2D eigenvalue weighted by Crippen LogP contribution is 2.31. The molecule has 0 radical (unpaired) electrons. The number of phenolic OH excluding ortho intramolecular Hbond substituents is 1. The molecular weight excluding hydrogens is 332 g/mol. The molecule has 6 nitrogen and oxygen atoms in total. The van der Waals surface area contributed by atoms with Crippen LogP contribution in [-0.2, 0) is 0 Å². The molecule has 0 unspecified atom stereocenters. The number of carbonyl (C=O) groups is 1. The van der Waals surface area contributed by atoms with Crippen LogP contribution in [0.1, 0.15) is 15.9 Å². The van der Waals surface area contributed by atoms with E-state index in [1.807, 2.05) is 24.0 Å². The van der Waals surface area contributed by atoms with Gasteiger partial charge in [0.1, 0.15) is 17.2 Å². The van der Waals surface area contributed by atoms with E-state index < -0.39 is 0 Å². The van der Waals surface area contributed by atoms with Gasteiger partial charge in [0, 0.05) is 37.3 Å². The third kappa shape index (κ3) is 3.40. The van der Waals surface area contributed by atoms with E-state index in [0.29, 0.717) is 43.2 Å². The monoisotopic (exact) mass is 356 g/mol. The van der Waals surface area contributed by atoms with Gasteiger partial charge in [0.05, 0.1) is 19.9 Å². The van der Waals surface area contributed by atoms with Crippen molar-refractivity contribution in [3.05, 3.63) is 47.5 Å². The second kappa shape index (κ2) is 7.56. The molecule has 1 fully saturated rings. The number of methoxy groups -OCH3 is 2. The standard InChI is InChI=1S/C20H24N2O4/c1-14-18(25-2)12-15(13-19(14)26-3)20(24)22-10-8-21(9-11-22)16-6-4-5-7-17(16)23/h4-7,12-13,23H,8-11H2,1-3H3.